The molecule has 1 saturated carbocycles. The van der Waals surface area contributed by atoms with Crippen molar-refractivity contribution in [2.24, 2.45) is 10.7 Å². The standard InChI is InChI=1S/C20H20N4OS.HI/c21-20(22-12-19-24-18(13-26-19)14-9-10-14)23-15-5-4-8-17(11-15)25-16-6-2-1-3-7-16;/h1-8,11,13-14H,9-10,12H2,(H3,21,22,23);1H. The van der Waals surface area contributed by atoms with E-state index in [1.807, 2.05) is 54.6 Å². The number of hydrogen-bond acceptors (Lipinski definition) is 4. The molecule has 0 radical (unpaired) electrons. The van der Waals surface area contributed by atoms with E-state index in [-0.39, 0.29) is 24.0 Å². The van der Waals surface area contributed by atoms with Crippen molar-refractivity contribution in [1.82, 2.24) is 4.98 Å². The summed E-state index contributed by atoms with van der Waals surface area (Å²) in [5.41, 5.74) is 8.05. The van der Waals surface area contributed by atoms with Gasteiger partial charge in [0.05, 0.1) is 12.2 Å². The number of rotatable bonds is 6. The molecule has 27 heavy (non-hydrogen) atoms. The molecule has 0 bridgehead atoms. The van der Waals surface area contributed by atoms with Crippen LogP contribution in [0.1, 0.15) is 29.5 Å². The average molecular weight is 492 g/mol. The normalized spacial score (nSPS) is 13.7. The predicted octanol–water partition coefficient (Wildman–Crippen LogP) is 5.36. The highest BCUT2D eigenvalue weighted by atomic mass is 127. The lowest BCUT2D eigenvalue weighted by molar-refractivity contribution is 0.483. The summed E-state index contributed by atoms with van der Waals surface area (Å²) in [6, 6.07) is 17.3. The molecule has 140 valence electrons. The van der Waals surface area contributed by atoms with E-state index in [4.69, 9.17) is 10.5 Å². The highest BCUT2D eigenvalue weighted by Gasteiger charge is 2.25. The molecule has 1 fully saturated rings. The largest absolute Gasteiger partial charge is 0.457 e. The Kier molecular flexibility index (Phi) is 6.68. The molecule has 0 aliphatic heterocycles. The number of aromatic nitrogens is 1. The lowest BCUT2D eigenvalue weighted by Gasteiger charge is -2.09. The summed E-state index contributed by atoms with van der Waals surface area (Å²) in [5, 5.41) is 6.24. The van der Waals surface area contributed by atoms with Gasteiger partial charge in [-0.25, -0.2) is 9.98 Å². The summed E-state index contributed by atoms with van der Waals surface area (Å²) >= 11 is 1.65. The predicted molar refractivity (Wildman–Crippen MR) is 121 cm³/mol. The maximum absolute atomic E-state index is 6.01. The van der Waals surface area contributed by atoms with Crippen LogP contribution in [0.3, 0.4) is 0 Å². The average Bonchev–Trinajstić information content (AvgIpc) is 3.39. The lowest BCUT2D eigenvalue weighted by Crippen LogP contribution is -2.22. The van der Waals surface area contributed by atoms with Crippen LogP contribution in [0.5, 0.6) is 11.5 Å². The van der Waals surface area contributed by atoms with Gasteiger partial charge in [-0.05, 0) is 37.1 Å². The second-order valence-electron chi connectivity index (χ2n) is 6.21. The van der Waals surface area contributed by atoms with E-state index in [1.54, 1.807) is 11.3 Å². The molecule has 7 heteroatoms. The Morgan fingerprint density at radius 3 is 2.70 bits per heavy atom. The topological polar surface area (TPSA) is 72.5 Å². The van der Waals surface area contributed by atoms with Crippen molar-refractivity contribution in [2.75, 3.05) is 5.32 Å². The van der Waals surface area contributed by atoms with Gasteiger partial charge in [0.25, 0.3) is 0 Å². The Morgan fingerprint density at radius 1 is 1.15 bits per heavy atom. The first-order valence-electron chi connectivity index (χ1n) is 8.60. The third-order valence-corrected chi connectivity index (χ3v) is 4.89. The van der Waals surface area contributed by atoms with E-state index in [0.29, 0.717) is 18.4 Å². The number of ether oxygens (including phenoxy) is 1. The number of thiazole rings is 1. The minimum Gasteiger partial charge on any atom is -0.457 e. The van der Waals surface area contributed by atoms with Gasteiger partial charge in [-0.2, -0.15) is 0 Å². The molecule has 3 N–H and O–H groups in total. The quantitative estimate of drug-likeness (QED) is 0.276. The van der Waals surface area contributed by atoms with E-state index >= 15 is 0 Å². The SMILES string of the molecule is I.NC(=NCc1nc(C2CC2)cs1)Nc1cccc(Oc2ccccc2)c1. The van der Waals surface area contributed by atoms with Gasteiger partial charge in [-0.3, -0.25) is 0 Å². The fraction of sp³-hybridized carbons (Fsp3) is 0.200. The van der Waals surface area contributed by atoms with Gasteiger partial charge in [-0.1, -0.05) is 24.3 Å². The number of nitrogens with zero attached hydrogens (tertiary/aromatic N) is 2. The van der Waals surface area contributed by atoms with Crippen LogP contribution in [0.4, 0.5) is 5.69 Å². The number of guanidine groups is 1. The van der Waals surface area contributed by atoms with Crippen molar-refractivity contribution in [2.45, 2.75) is 25.3 Å². The van der Waals surface area contributed by atoms with Crippen LogP contribution >= 0.6 is 35.3 Å². The maximum atomic E-state index is 6.01. The van der Waals surface area contributed by atoms with Gasteiger partial charge in [0.15, 0.2) is 5.96 Å². The highest BCUT2D eigenvalue weighted by molar-refractivity contribution is 14.0. The fourth-order valence-corrected chi connectivity index (χ4v) is 3.37. The summed E-state index contributed by atoms with van der Waals surface area (Å²) in [7, 11) is 0. The molecular weight excluding hydrogens is 471 g/mol. The van der Waals surface area contributed by atoms with E-state index in [2.05, 4.69) is 20.7 Å². The second-order valence-corrected chi connectivity index (χ2v) is 7.15. The smallest absolute Gasteiger partial charge is 0.193 e. The Bertz CT molecular complexity index is 909. The highest BCUT2D eigenvalue weighted by Crippen LogP contribution is 2.40. The monoisotopic (exact) mass is 492 g/mol. The number of hydrogen-bond donors (Lipinski definition) is 2. The summed E-state index contributed by atoms with van der Waals surface area (Å²) in [6.07, 6.45) is 2.52. The van der Waals surface area contributed by atoms with E-state index in [1.165, 1.54) is 18.5 Å². The van der Waals surface area contributed by atoms with E-state index in [0.717, 1.165) is 22.2 Å². The molecular formula is C20H21IN4OS. The molecule has 0 saturated heterocycles. The first-order chi connectivity index (χ1) is 12.8. The number of nitrogens with two attached hydrogens (primary N) is 1. The number of aliphatic imine (C=N–C) groups is 1. The van der Waals surface area contributed by atoms with Crippen LogP contribution in [-0.4, -0.2) is 10.9 Å². The van der Waals surface area contributed by atoms with Gasteiger partial charge >= 0.3 is 0 Å². The number of nitrogens with one attached hydrogen (secondary N) is 1. The van der Waals surface area contributed by atoms with Gasteiger partial charge < -0.3 is 15.8 Å². The fourth-order valence-electron chi connectivity index (χ4n) is 2.57. The first kappa shape index (κ1) is 19.6. The molecule has 1 aliphatic rings. The minimum absolute atomic E-state index is 0. The number of para-hydroxylation sites is 1. The third kappa shape index (κ3) is 5.67. The Labute approximate surface area is 179 Å². The molecule has 5 nitrogen and oxygen atoms in total. The molecule has 0 unspecified atom stereocenters. The van der Waals surface area contributed by atoms with Gasteiger partial charge in [0.1, 0.15) is 16.5 Å². The van der Waals surface area contributed by atoms with Crippen LogP contribution in [-0.2, 0) is 6.54 Å². The first-order valence-corrected chi connectivity index (χ1v) is 9.48. The molecule has 1 heterocycles. The molecule has 0 amide bonds. The number of halogens is 1. The van der Waals surface area contributed by atoms with Crippen LogP contribution in [0, 0.1) is 0 Å². The number of anilines is 1. The van der Waals surface area contributed by atoms with Crippen LogP contribution in [0.25, 0.3) is 0 Å². The maximum Gasteiger partial charge on any atom is 0.193 e. The van der Waals surface area contributed by atoms with E-state index in [9.17, 15) is 0 Å². The molecule has 1 aromatic heterocycles. The molecule has 0 spiro atoms. The summed E-state index contributed by atoms with van der Waals surface area (Å²) < 4.78 is 5.83. The molecule has 3 aromatic rings. The van der Waals surface area contributed by atoms with E-state index < -0.39 is 0 Å². The van der Waals surface area contributed by atoms with Crippen molar-refractivity contribution in [3.05, 3.63) is 70.7 Å². The second kappa shape index (κ2) is 9.18. The van der Waals surface area contributed by atoms with Crippen molar-refractivity contribution in [3.8, 4) is 11.5 Å². The minimum atomic E-state index is 0. The molecule has 4 rings (SSSR count). The molecule has 0 atom stereocenters. The zero-order valence-corrected chi connectivity index (χ0v) is 17.8. The van der Waals surface area contributed by atoms with Crippen molar-refractivity contribution >= 4 is 47.0 Å². The summed E-state index contributed by atoms with van der Waals surface area (Å²) in [4.78, 5) is 9.01. The van der Waals surface area contributed by atoms with Crippen molar-refractivity contribution in [1.29, 1.82) is 0 Å². The van der Waals surface area contributed by atoms with Crippen LogP contribution in [0.2, 0.25) is 0 Å². The lowest BCUT2D eigenvalue weighted by atomic mass is 10.3. The Balaban J connectivity index is 0.00000210. The molecule has 1 aliphatic carbocycles. The van der Waals surface area contributed by atoms with Crippen LogP contribution in [0.15, 0.2) is 65.0 Å². The van der Waals surface area contributed by atoms with Crippen molar-refractivity contribution in [3.63, 3.8) is 0 Å². The van der Waals surface area contributed by atoms with Crippen LogP contribution < -0.4 is 15.8 Å². The zero-order valence-electron chi connectivity index (χ0n) is 14.7. The van der Waals surface area contributed by atoms with Gasteiger partial charge in [0, 0.05) is 23.1 Å². The Morgan fingerprint density at radius 2 is 1.93 bits per heavy atom. The van der Waals surface area contributed by atoms with Gasteiger partial charge in [0.2, 0.25) is 0 Å². The summed E-state index contributed by atoms with van der Waals surface area (Å²) in [6.45, 7) is 0.496. The summed E-state index contributed by atoms with van der Waals surface area (Å²) in [5.74, 6) is 2.57. The Hall–Kier alpha value is -2.13. The third-order valence-electron chi connectivity index (χ3n) is 4.04. The zero-order chi connectivity index (χ0) is 17.8. The van der Waals surface area contributed by atoms with Crippen molar-refractivity contribution < 1.29 is 4.74 Å². The van der Waals surface area contributed by atoms with Gasteiger partial charge in [-0.15, -0.1) is 35.3 Å². The molecule has 2 aromatic carbocycles. The number of benzene rings is 2.